The minimum Gasteiger partial charge on any atom is -0.479 e. The Kier molecular flexibility index (Phi) is 3.97. The second kappa shape index (κ2) is 5.29. The number of carboxylic acid groups (broad SMARTS) is 1. The summed E-state index contributed by atoms with van der Waals surface area (Å²) in [5.74, 6) is 0.421. The standard InChI is InChI=1S/C12H19NO3S/c14-10(9-4-2-1-3-5-9)13-12(11(15)16)6-7-17-8-12/h9H,1-8H2,(H,13,14)(H,15,16)/t12-/m1/s1. The molecule has 0 unspecified atom stereocenters. The predicted molar refractivity (Wildman–Crippen MR) is 67.0 cm³/mol. The van der Waals surface area contributed by atoms with Gasteiger partial charge in [0.1, 0.15) is 5.54 Å². The lowest BCUT2D eigenvalue weighted by atomic mass is 9.87. The first-order valence-electron chi connectivity index (χ1n) is 6.27. The molecule has 4 nitrogen and oxygen atoms in total. The Labute approximate surface area is 106 Å². The first-order chi connectivity index (χ1) is 8.14. The van der Waals surface area contributed by atoms with Gasteiger partial charge in [-0.05, 0) is 25.0 Å². The maximum Gasteiger partial charge on any atom is 0.330 e. The van der Waals surface area contributed by atoms with Crippen LogP contribution in [0.15, 0.2) is 0 Å². The summed E-state index contributed by atoms with van der Waals surface area (Å²) in [6.07, 6.45) is 5.75. The van der Waals surface area contributed by atoms with E-state index in [1.165, 1.54) is 6.42 Å². The van der Waals surface area contributed by atoms with Crippen LogP contribution in [0.3, 0.4) is 0 Å². The molecule has 17 heavy (non-hydrogen) atoms. The molecule has 2 fully saturated rings. The molecule has 0 bridgehead atoms. The van der Waals surface area contributed by atoms with Gasteiger partial charge in [0.05, 0.1) is 0 Å². The summed E-state index contributed by atoms with van der Waals surface area (Å²) in [5, 5.41) is 12.1. The number of carboxylic acids is 1. The van der Waals surface area contributed by atoms with Crippen molar-refractivity contribution < 1.29 is 14.7 Å². The van der Waals surface area contributed by atoms with E-state index >= 15 is 0 Å². The van der Waals surface area contributed by atoms with Crippen LogP contribution in [0, 0.1) is 5.92 Å². The molecule has 1 atom stereocenters. The highest BCUT2D eigenvalue weighted by Crippen LogP contribution is 2.30. The predicted octanol–water partition coefficient (Wildman–Crippen LogP) is 1.64. The van der Waals surface area contributed by atoms with Crippen LogP contribution >= 0.6 is 11.8 Å². The zero-order chi connectivity index (χ0) is 12.3. The van der Waals surface area contributed by atoms with Crippen LogP contribution in [0.5, 0.6) is 0 Å². The Bertz CT molecular complexity index is 307. The van der Waals surface area contributed by atoms with Gasteiger partial charge in [-0.2, -0.15) is 11.8 Å². The van der Waals surface area contributed by atoms with Gasteiger partial charge in [0, 0.05) is 11.7 Å². The maximum absolute atomic E-state index is 12.1. The van der Waals surface area contributed by atoms with Crippen molar-refractivity contribution in [2.75, 3.05) is 11.5 Å². The summed E-state index contributed by atoms with van der Waals surface area (Å²) in [4.78, 5) is 23.4. The van der Waals surface area contributed by atoms with Crippen molar-refractivity contribution in [1.29, 1.82) is 0 Å². The molecule has 2 N–H and O–H groups in total. The molecule has 0 spiro atoms. The van der Waals surface area contributed by atoms with Crippen molar-refractivity contribution in [3.8, 4) is 0 Å². The van der Waals surface area contributed by atoms with Gasteiger partial charge in [0.2, 0.25) is 5.91 Å². The second-order valence-electron chi connectivity index (χ2n) is 5.01. The minimum absolute atomic E-state index is 0.0329. The molecule has 2 rings (SSSR count). The fraction of sp³-hybridized carbons (Fsp3) is 0.833. The fourth-order valence-corrected chi connectivity index (χ4v) is 3.91. The van der Waals surface area contributed by atoms with E-state index in [1.54, 1.807) is 11.8 Å². The molecule has 1 aliphatic carbocycles. The molecule has 96 valence electrons. The summed E-state index contributed by atoms with van der Waals surface area (Å²) >= 11 is 1.60. The number of thioether (sulfide) groups is 1. The first kappa shape index (κ1) is 12.7. The summed E-state index contributed by atoms with van der Waals surface area (Å²) in [6, 6.07) is 0. The van der Waals surface area contributed by atoms with Crippen molar-refractivity contribution in [3.63, 3.8) is 0 Å². The quantitative estimate of drug-likeness (QED) is 0.806. The topological polar surface area (TPSA) is 66.4 Å². The molecule has 1 saturated carbocycles. The van der Waals surface area contributed by atoms with E-state index in [0.717, 1.165) is 31.4 Å². The average Bonchev–Trinajstić information content (AvgIpc) is 2.80. The molecule has 1 aliphatic heterocycles. The number of nitrogens with one attached hydrogen (secondary N) is 1. The lowest BCUT2D eigenvalue weighted by Gasteiger charge is -2.28. The van der Waals surface area contributed by atoms with Gasteiger partial charge in [0.15, 0.2) is 0 Å². The van der Waals surface area contributed by atoms with Crippen LogP contribution in [0.4, 0.5) is 0 Å². The van der Waals surface area contributed by atoms with Crippen LogP contribution in [0.1, 0.15) is 38.5 Å². The van der Waals surface area contributed by atoms with Gasteiger partial charge in [-0.1, -0.05) is 19.3 Å². The number of amides is 1. The zero-order valence-corrected chi connectivity index (χ0v) is 10.7. The average molecular weight is 257 g/mol. The molecule has 1 amide bonds. The zero-order valence-electron chi connectivity index (χ0n) is 9.91. The SMILES string of the molecule is O=C(N[C@]1(C(=O)O)CCSC1)C1CCCCC1. The third kappa shape index (κ3) is 2.76. The Morgan fingerprint density at radius 3 is 2.47 bits per heavy atom. The first-order valence-corrected chi connectivity index (χ1v) is 7.43. The van der Waals surface area contributed by atoms with Crippen molar-refractivity contribution in [2.24, 2.45) is 5.92 Å². The van der Waals surface area contributed by atoms with Crippen molar-refractivity contribution in [3.05, 3.63) is 0 Å². The van der Waals surface area contributed by atoms with Crippen LogP contribution in [0.25, 0.3) is 0 Å². The molecule has 0 radical (unpaired) electrons. The van der Waals surface area contributed by atoms with E-state index in [-0.39, 0.29) is 11.8 Å². The Hall–Kier alpha value is -0.710. The number of rotatable bonds is 3. The maximum atomic E-state index is 12.1. The summed E-state index contributed by atoms with van der Waals surface area (Å²) in [6.45, 7) is 0. The Morgan fingerprint density at radius 2 is 1.94 bits per heavy atom. The van der Waals surface area contributed by atoms with Crippen molar-refractivity contribution >= 4 is 23.6 Å². The van der Waals surface area contributed by atoms with Crippen molar-refractivity contribution in [1.82, 2.24) is 5.32 Å². The normalized spacial score (nSPS) is 30.1. The fourth-order valence-electron chi connectivity index (χ4n) is 2.59. The molecule has 2 aliphatic rings. The molecular weight excluding hydrogens is 238 g/mol. The number of hydrogen-bond donors (Lipinski definition) is 2. The highest BCUT2D eigenvalue weighted by atomic mass is 32.2. The van der Waals surface area contributed by atoms with Gasteiger partial charge < -0.3 is 10.4 Å². The van der Waals surface area contributed by atoms with Crippen LogP contribution in [-0.4, -0.2) is 34.0 Å². The Balaban J connectivity index is 1.98. The van der Waals surface area contributed by atoms with E-state index in [1.807, 2.05) is 0 Å². The molecule has 0 aromatic heterocycles. The van der Waals surface area contributed by atoms with Crippen LogP contribution in [-0.2, 0) is 9.59 Å². The summed E-state index contributed by atoms with van der Waals surface area (Å²) in [7, 11) is 0. The molecule has 0 aromatic rings. The monoisotopic (exact) mass is 257 g/mol. The van der Waals surface area contributed by atoms with E-state index in [4.69, 9.17) is 0 Å². The summed E-state index contributed by atoms with van der Waals surface area (Å²) < 4.78 is 0. The highest BCUT2D eigenvalue weighted by molar-refractivity contribution is 7.99. The molecule has 5 heteroatoms. The van der Waals surface area contributed by atoms with Crippen LogP contribution in [0.2, 0.25) is 0 Å². The van der Waals surface area contributed by atoms with E-state index in [9.17, 15) is 14.7 Å². The van der Waals surface area contributed by atoms with E-state index in [2.05, 4.69) is 5.32 Å². The number of hydrogen-bond acceptors (Lipinski definition) is 3. The largest absolute Gasteiger partial charge is 0.479 e. The van der Waals surface area contributed by atoms with Gasteiger partial charge in [-0.25, -0.2) is 4.79 Å². The highest BCUT2D eigenvalue weighted by Gasteiger charge is 2.44. The van der Waals surface area contributed by atoms with Gasteiger partial charge in [-0.3, -0.25) is 4.79 Å². The van der Waals surface area contributed by atoms with Crippen LogP contribution < -0.4 is 5.32 Å². The molecule has 0 aromatic carbocycles. The van der Waals surface area contributed by atoms with Gasteiger partial charge >= 0.3 is 5.97 Å². The second-order valence-corrected chi connectivity index (χ2v) is 6.12. The minimum atomic E-state index is -1.00. The van der Waals surface area contributed by atoms with Gasteiger partial charge in [-0.15, -0.1) is 0 Å². The lowest BCUT2D eigenvalue weighted by molar-refractivity contribution is -0.147. The Morgan fingerprint density at radius 1 is 1.24 bits per heavy atom. The number of carbonyl (C=O) groups is 2. The van der Waals surface area contributed by atoms with Gasteiger partial charge in [0.25, 0.3) is 0 Å². The third-order valence-electron chi connectivity index (χ3n) is 3.77. The number of carbonyl (C=O) groups excluding carboxylic acids is 1. The van der Waals surface area contributed by atoms with Crippen molar-refractivity contribution in [2.45, 2.75) is 44.1 Å². The molecule has 1 heterocycles. The molecule has 1 saturated heterocycles. The lowest BCUT2D eigenvalue weighted by Crippen LogP contribution is -2.56. The summed E-state index contributed by atoms with van der Waals surface area (Å²) in [5.41, 5.74) is -1.00. The number of aliphatic carboxylic acids is 1. The molecular formula is C12H19NO3S. The van der Waals surface area contributed by atoms with E-state index in [0.29, 0.717) is 12.2 Å². The van der Waals surface area contributed by atoms with E-state index < -0.39 is 11.5 Å². The third-order valence-corrected chi connectivity index (χ3v) is 4.96. The smallest absolute Gasteiger partial charge is 0.330 e.